The van der Waals surface area contributed by atoms with E-state index >= 15 is 0 Å². The van der Waals surface area contributed by atoms with E-state index in [0.717, 1.165) is 41.2 Å². The molecule has 0 saturated heterocycles. The molecule has 0 atom stereocenters. The first-order valence-corrected chi connectivity index (χ1v) is 6.09. The molecular weight excluding hydrogens is 212 g/mol. The fraction of sp³-hybridized carbons (Fsp3) is 0.357. The van der Waals surface area contributed by atoms with Gasteiger partial charge in [0.2, 0.25) is 0 Å². The zero-order valence-electron chi connectivity index (χ0n) is 9.73. The van der Waals surface area contributed by atoms with E-state index in [2.05, 4.69) is 4.98 Å². The highest BCUT2D eigenvalue weighted by Crippen LogP contribution is 2.33. The largest absolute Gasteiger partial charge is 0.493 e. The van der Waals surface area contributed by atoms with Crippen molar-refractivity contribution in [1.82, 2.24) is 4.98 Å². The standard InChI is InChI=1S/C14H16N2O/c15-13-3-4-14(17-8-6-10-1-2-10)12-9-16-7-5-11(12)13/h3-5,7,9-10H,1-2,6,8,15H2. The summed E-state index contributed by atoms with van der Waals surface area (Å²) in [5.74, 6) is 1.79. The molecule has 3 heteroatoms. The summed E-state index contributed by atoms with van der Waals surface area (Å²) in [6.07, 6.45) is 7.47. The lowest BCUT2D eigenvalue weighted by atomic mass is 10.1. The molecule has 0 radical (unpaired) electrons. The van der Waals surface area contributed by atoms with Crippen LogP contribution in [0.2, 0.25) is 0 Å². The van der Waals surface area contributed by atoms with Crippen molar-refractivity contribution in [3.63, 3.8) is 0 Å². The van der Waals surface area contributed by atoms with Crippen LogP contribution in [-0.2, 0) is 0 Å². The first-order valence-electron chi connectivity index (χ1n) is 6.09. The summed E-state index contributed by atoms with van der Waals surface area (Å²) >= 11 is 0. The topological polar surface area (TPSA) is 48.1 Å². The smallest absolute Gasteiger partial charge is 0.128 e. The van der Waals surface area contributed by atoms with Crippen molar-refractivity contribution in [2.24, 2.45) is 5.92 Å². The van der Waals surface area contributed by atoms with Gasteiger partial charge in [0.1, 0.15) is 5.75 Å². The number of nitrogens with two attached hydrogens (primary N) is 1. The number of fused-ring (bicyclic) bond motifs is 1. The number of ether oxygens (including phenoxy) is 1. The van der Waals surface area contributed by atoms with E-state index in [1.54, 1.807) is 6.20 Å². The highest BCUT2D eigenvalue weighted by Gasteiger charge is 2.20. The number of benzene rings is 1. The monoisotopic (exact) mass is 228 g/mol. The maximum atomic E-state index is 5.93. The van der Waals surface area contributed by atoms with E-state index in [4.69, 9.17) is 10.5 Å². The normalized spacial score (nSPS) is 15.1. The van der Waals surface area contributed by atoms with Crippen LogP contribution in [0.4, 0.5) is 5.69 Å². The van der Waals surface area contributed by atoms with Crippen molar-refractivity contribution in [2.45, 2.75) is 19.3 Å². The predicted molar refractivity (Wildman–Crippen MR) is 69.0 cm³/mol. The minimum atomic E-state index is 0.775. The maximum Gasteiger partial charge on any atom is 0.128 e. The quantitative estimate of drug-likeness (QED) is 0.818. The van der Waals surface area contributed by atoms with Gasteiger partial charge < -0.3 is 10.5 Å². The Hall–Kier alpha value is -1.77. The van der Waals surface area contributed by atoms with E-state index < -0.39 is 0 Å². The molecule has 1 aromatic heterocycles. The zero-order chi connectivity index (χ0) is 11.7. The average Bonchev–Trinajstić information content (AvgIpc) is 3.17. The Morgan fingerprint density at radius 2 is 2.12 bits per heavy atom. The number of nitrogen functional groups attached to an aromatic ring is 1. The third-order valence-electron chi connectivity index (χ3n) is 3.29. The molecule has 88 valence electrons. The fourth-order valence-corrected chi connectivity index (χ4v) is 2.06. The SMILES string of the molecule is Nc1ccc(OCCC2CC2)c2cnccc12. The van der Waals surface area contributed by atoms with Gasteiger partial charge in [-0.15, -0.1) is 0 Å². The molecule has 3 nitrogen and oxygen atoms in total. The maximum absolute atomic E-state index is 5.93. The van der Waals surface area contributed by atoms with Crippen LogP contribution in [0.15, 0.2) is 30.6 Å². The van der Waals surface area contributed by atoms with Crippen LogP contribution in [-0.4, -0.2) is 11.6 Å². The molecule has 0 aliphatic heterocycles. The van der Waals surface area contributed by atoms with Crippen LogP contribution < -0.4 is 10.5 Å². The molecule has 0 spiro atoms. The van der Waals surface area contributed by atoms with Crippen molar-refractivity contribution >= 4 is 16.5 Å². The van der Waals surface area contributed by atoms with Gasteiger partial charge in [-0.25, -0.2) is 0 Å². The third kappa shape index (κ3) is 2.18. The van der Waals surface area contributed by atoms with E-state index in [-0.39, 0.29) is 0 Å². The van der Waals surface area contributed by atoms with Gasteiger partial charge >= 0.3 is 0 Å². The van der Waals surface area contributed by atoms with Gasteiger partial charge in [0.05, 0.1) is 6.61 Å². The number of hydrogen-bond acceptors (Lipinski definition) is 3. The summed E-state index contributed by atoms with van der Waals surface area (Å²) in [5, 5.41) is 2.02. The van der Waals surface area contributed by atoms with Crippen LogP contribution in [0.5, 0.6) is 5.75 Å². The molecule has 0 bridgehead atoms. The molecule has 1 aromatic carbocycles. The molecule has 2 aromatic rings. The van der Waals surface area contributed by atoms with Gasteiger partial charge in [-0.2, -0.15) is 0 Å². The molecule has 1 fully saturated rings. The Labute approximate surface area is 101 Å². The van der Waals surface area contributed by atoms with Gasteiger partial charge in [-0.05, 0) is 30.5 Å². The number of rotatable bonds is 4. The summed E-state index contributed by atoms with van der Waals surface area (Å²) in [6.45, 7) is 0.790. The number of anilines is 1. The number of aromatic nitrogens is 1. The van der Waals surface area contributed by atoms with Crippen molar-refractivity contribution in [3.8, 4) is 5.75 Å². The van der Waals surface area contributed by atoms with Crippen LogP contribution in [0.25, 0.3) is 10.8 Å². The lowest BCUT2D eigenvalue weighted by Gasteiger charge is -2.10. The molecule has 1 heterocycles. The van der Waals surface area contributed by atoms with Gasteiger partial charge in [-0.1, -0.05) is 12.8 Å². The van der Waals surface area contributed by atoms with E-state index in [1.165, 1.54) is 12.8 Å². The second kappa shape index (κ2) is 4.24. The van der Waals surface area contributed by atoms with Gasteiger partial charge in [0.25, 0.3) is 0 Å². The Balaban J connectivity index is 1.84. The molecule has 1 aliphatic carbocycles. The van der Waals surface area contributed by atoms with Gasteiger partial charge in [-0.3, -0.25) is 4.98 Å². The summed E-state index contributed by atoms with van der Waals surface area (Å²) in [6, 6.07) is 5.76. The first-order chi connectivity index (χ1) is 8.34. The average molecular weight is 228 g/mol. The Kier molecular flexibility index (Phi) is 2.59. The Morgan fingerprint density at radius 3 is 2.94 bits per heavy atom. The van der Waals surface area contributed by atoms with Crippen LogP contribution in [0, 0.1) is 5.92 Å². The first kappa shape index (κ1) is 10.4. The van der Waals surface area contributed by atoms with Crippen molar-refractivity contribution in [1.29, 1.82) is 0 Å². The summed E-state index contributed by atoms with van der Waals surface area (Å²) in [7, 11) is 0. The van der Waals surface area contributed by atoms with E-state index in [1.807, 2.05) is 24.4 Å². The van der Waals surface area contributed by atoms with Gasteiger partial charge in [0.15, 0.2) is 0 Å². The molecular formula is C14H16N2O. The number of pyridine rings is 1. The fourth-order valence-electron chi connectivity index (χ4n) is 2.06. The predicted octanol–water partition coefficient (Wildman–Crippen LogP) is 3.00. The minimum absolute atomic E-state index is 0.775. The zero-order valence-corrected chi connectivity index (χ0v) is 9.73. The van der Waals surface area contributed by atoms with Gasteiger partial charge in [0, 0.05) is 28.9 Å². The molecule has 2 N–H and O–H groups in total. The third-order valence-corrected chi connectivity index (χ3v) is 3.29. The molecule has 1 aliphatic rings. The summed E-state index contributed by atoms with van der Waals surface area (Å²) in [4.78, 5) is 4.13. The highest BCUT2D eigenvalue weighted by atomic mass is 16.5. The number of nitrogens with zero attached hydrogens (tertiary/aromatic N) is 1. The molecule has 1 saturated carbocycles. The van der Waals surface area contributed by atoms with E-state index in [9.17, 15) is 0 Å². The van der Waals surface area contributed by atoms with Crippen LogP contribution in [0.3, 0.4) is 0 Å². The Bertz CT molecular complexity index is 535. The molecule has 0 amide bonds. The van der Waals surface area contributed by atoms with Crippen molar-refractivity contribution in [3.05, 3.63) is 30.6 Å². The second-order valence-electron chi connectivity index (χ2n) is 4.65. The lowest BCUT2D eigenvalue weighted by Crippen LogP contribution is -1.99. The van der Waals surface area contributed by atoms with Crippen LogP contribution >= 0.6 is 0 Å². The van der Waals surface area contributed by atoms with Crippen molar-refractivity contribution in [2.75, 3.05) is 12.3 Å². The molecule has 17 heavy (non-hydrogen) atoms. The molecule has 0 unspecified atom stereocenters. The Morgan fingerprint density at radius 1 is 1.24 bits per heavy atom. The molecule has 3 rings (SSSR count). The van der Waals surface area contributed by atoms with Crippen molar-refractivity contribution < 1.29 is 4.74 Å². The van der Waals surface area contributed by atoms with E-state index in [0.29, 0.717) is 0 Å². The summed E-state index contributed by atoms with van der Waals surface area (Å²) in [5.41, 5.74) is 6.70. The minimum Gasteiger partial charge on any atom is -0.493 e. The highest BCUT2D eigenvalue weighted by molar-refractivity contribution is 5.96. The number of hydrogen-bond donors (Lipinski definition) is 1. The second-order valence-corrected chi connectivity index (χ2v) is 4.65. The van der Waals surface area contributed by atoms with Crippen LogP contribution in [0.1, 0.15) is 19.3 Å². The summed E-state index contributed by atoms with van der Waals surface area (Å²) < 4.78 is 5.83. The lowest BCUT2D eigenvalue weighted by molar-refractivity contribution is 0.306.